The van der Waals surface area contributed by atoms with Crippen LogP contribution in [-0.4, -0.2) is 30.6 Å². The van der Waals surface area contributed by atoms with Crippen LogP contribution in [0.2, 0.25) is 0 Å². The van der Waals surface area contributed by atoms with E-state index in [1.54, 1.807) is 22.0 Å². The van der Waals surface area contributed by atoms with Crippen molar-refractivity contribution in [2.45, 2.75) is 20.0 Å². The van der Waals surface area contributed by atoms with E-state index in [-0.39, 0.29) is 11.9 Å². The van der Waals surface area contributed by atoms with Crippen molar-refractivity contribution in [1.82, 2.24) is 24.6 Å². The molecule has 0 spiro atoms. The summed E-state index contributed by atoms with van der Waals surface area (Å²) in [5.74, 6) is 0.169. The number of hydrogen-bond acceptors (Lipinski definition) is 5. The van der Waals surface area contributed by atoms with Crippen molar-refractivity contribution in [3.63, 3.8) is 0 Å². The van der Waals surface area contributed by atoms with E-state index in [0.29, 0.717) is 18.7 Å². The van der Waals surface area contributed by atoms with Gasteiger partial charge in [-0.05, 0) is 19.1 Å². The van der Waals surface area contributed by atoms with Crippen LogP contribution in [0, 0.1) is 6.92 Å². The molecule has 2 N–H and O–H groups in total. The fourth-order valence-corrected chi connectivity index (χ4v) is 2.93. The number of amides is 1. The molecule has 2 aromatic heterocycles. The number of nitrogens with two attached hydrogens (primary N) is 1. The molecule has 24 heavy (non-hydrogen) atoms. The zero-order valence-corrected chi connectivity index (χ0v) is 13.2. The van der Waals surface area contributed by atoms with Crippen molar-refractivity contribution >= 4 is 11.9 Å². The molecule has 0 bridgehead atoms. The fraction of sp³-hybridized carbons (Fsp3) is 0.176. The van der Waals surface area contributed by atoms with Crippen molar-refractivity contribution in [2.24, 2.45) is 0 Å². The molecule has 1 aliphatic rings. The molecular weight excluding hydrogens is 304 g/mol. The molecule has 0 atom stereocenters. The highest BCUT2D eigenvalue weighted by Gasteiger charge is 2.28. The van der Waals surface area contributed by atoms with Crippen molar-refractivity contribution < 1.29 is 4.79 Å². The summed E-state index contributed by atoms with van der Waals surface area (Å²) in [6.45, 7) is 2.83. The van der Waals surface area contributed by atoms with E-state index in [1.807, 2.05) is 37.3 Å². The molecule has 1 aliphatic heterocycles. The molecule has 7 heteroatoms. The number of hydrogen-bond donors (Lipinski definition) is 1. The summed E-state index contributed by atoms with van der Waals surface area (Å²) in [5.41, 5.74) is 9.69. The number of nitrogen functional groups attached to an aromatic ring is 1. The first-order valence-corrected chi connectivity index (χ1v) is 7.63. The monoisotopic (exact) mass is 320 g/mol. The Morgan fingerprint density at radius 3 is 2.75 bits per heavy atom. The van der Waals surface area contributed by atoms with Crippen LogP contribution in [0.5, 0.6) is 0 Å². The summed E-state index contributed by atoms with van der Waals surface area (Å²) >= 11 is 0. The highest BCUT2D eigenvalue weighted by molar-refractivity contribution is 5.95. The van der Waals surface area contributed by atoms with Crippen LogP contribution in [0.25, 0.3) is 5.69 Å². The van der Waals surface area contributed by atoms with Gasteiger partial charge < -0.3 is 10.6 Å². The lowest BCUT2D eigenvalue weighted by molar-refractivity contribution is 0.0749. The summed E-state index contributed by atoms with van der Waals surface area (Å²) in [5, 5.41) is 4.36. The molecule has 0 saturated heterocycles. The number of benzene rings is 1. The van der Waals surface area contributed by atoms with Gasteiger partial charge in [-0.1, -0.05) is 18.2 Å². The van der Waals surface area contributed by atoms with E-state index in [0.717, 1.165) is 22.6 Å². The van der Waals surface area contributed by atoms with Gasteiger partial charge in [0.15, 0.2) is 0 Å². The number of nitrogens with zero attached hydrogens (tertiary/aromatic N) is 5. The van der Waals surface area contributed by atoms with E-state index in [2.05, 4.69) is 15.1 Å². The molecule has 3 heterocycles. The second-order valence-electron chi connectivity index (χ2n) is 5.75. The van der Waals surface area contributed by atoms with Crippen LogP contribution in [0.3, 0.4) is 0 Å². The van der Waals surface area contributed by atoms with Crippen LogP contribution in [0.4, 0.5) is 5.95 Å². The van der Waals surface area contributed by atoms with Crippen molar-refractivity contribution in [3.8, 4) is 5.69 Å². The summed E-state index contributed by atoms with van der Waals surface area (Å²) in [6, 6.07) is 9.75. The van der Waals surface area contributed by atoms with Gasteiger partial charge in [-0.2, -0.15) is 5.10 Å². The second kappa shape index (κ2) is 5.45. The third kappa shape index (κ3) is 2.30. The number of carbonyl (C=O) groups excluding carboxylic acids is 1. The Hall–Kier alpha value is -3.22. The molecule has 0 fully saturated rings. The number of carbonyl (C=O) groups is 1. The van der Waals surface area contributed by atoms with Crippen LogP contribution in [-0.2, 0) is 13.1 Å². The third-order valence-corrected chi connectivity index (χ3v) is 4.20. The normalized spacial score (nSPS) is 13.1. The van der Waals surface area contributed by atoms with Gasteiger partial charge in [0.2, 0.25) is 5.95 Å². The molecular formula is C17H16N6O. The lowest BCUT2D eigenvalue weighted by Crippen LogP contribution is -2.25. The lowest BCUT2D eigenvalue weighted by atomic mass is 10.2. The van der Waals surface area contributed by atoms with Crippen LogP contribution in [0.15, 0.2) is 42.7 Å². The lowest BCUT2D eigenvalue weighted by Gasteiger charge is -2.14. The number of para-hydroxylation sites is 1. The molecule has 1 aromatic carbocycles. The standard InChI is InChI=1S/C17H16N6O/c1-11-14(8-20-23(11)13-5-3-2-4-6-13)16(24)22-9-12-7-19-17(18)21-15(12)10-22/h2-8H,9-10H2,1H3,(H2,18,19,21). The molecule has 7 nitrogen and oxygen atoms in total. The number of fused-ring (bicyclic) bond motifs is 1. The quantitative estimate of drug-likeness (QED) is 0.776. The minimum atomic E-state index is -0.0637. The fourth-order valence-electron chi connectivity index (χ4n) is 2.93. The molecule has 3 aromatic rings. The van der Waals surface area contributed by atoms with Gasteiger partial charge in [0.1, 0.15) is 0 Å². The SMILES string of the molecule is Cc1c(C(=O)N2Cc3cnc(N)nc3C2)cnn1-c1ccccc1. The zero-order valence-electron chi connectivity index (χ0n) is 13.2. The molecule has 1 amide bonds. The first-order chi connectivity index (χ1) is 11.6. The number of aromatic nitrogens is 4. The number of rotatable bonds is 2. The number of anilines is 1. The van der Waals surface area contributed by atoms with Gasteiger partial charge in [-0.15, -0.1) is 0 Å². The maximum atomic E-state index is 12.9. The van der Waals surface area contributed by atoms with Crippen molar-refractivity contribution in [2.75, 3.05) is 5.73 Å². The predicted octanol–water partition coefficient (Wildman–Crippen LogP) is 1.71. The Labute approximate surface area is 138 Å². The van der Waals surface area contributed by atoms with Crippen LogP contribution >= 0.6 is 0 Å². The average molecular weight is 320 g/mol. The molecule has 0 saturated carbocycles. The minimum Gasteiger partial charge on any atom is -0.368 e. The van der Waals surface area contributed by atoms with E-state index >= 15 is 0 Å². The molecule has 0 radical (unpaired) electrons. The Kier molecular flexibility index (Phi) is 3.26. The minimum absolute atomic E-state index is 0.0637. The van der Waals surface area contributed by atoms with Crippen molar-refractivity contribution in [3.05, 3.63) is 65.2 Å². The first kappa shape index (κ1) is 14.4. The van der Waals surface area contributed by atoms with E-state index in [1.165, 1.54) is 0 Å². The van der Waals surface area contributed by atoms with Crippen molar-refractivity contribution in [1.29, 1.82) is 0 Å². The van der Waals surface area contributed by atoms with Gasteiger partial charge in [-0.3, -0.25) is 4.79 Å². The summed E-state index contributed by atoms with van der Waals surface area (Å²) in [4.78, 5) is 22.8. The zero-order chi connectivity index (χ0) is 16.7. The summed E-state index contributed by atoms with van der Waals surface area (Å²) in [6.07, 6.45) is 3.30. The van der Waals surface area contributed by atoms with Gasteiger partial charge in [0, 0.05) is 18.3 Å². The second-order valence-corrected chi connectivity index (χ2v) is 5.75. The van der Waals surface area contributed by atoms with E-state index in [9.17, 15) is 4.79 Å². The average Bonchev–Trinajstić information content (AvgIpc) is 3.18. The van der Waals surface area contributed by atoms with E-state index in [4.69, 9.17) is 5.73 Å². The molecule has 4 rings (SSSR count). The Bertz CT molecular complexity index is 918. The highest BCUT2D eigenvalue weighted by Crippen LogP contribution is 2.24. The van der Waals surface area contributed by atoms with Crippen LogP contribution in [0.1, 0.15) is 27.3 Å². The maximum absolute atomic E-state index is 12.9. The molecule has 0 aliphatic carbocycles. The Morgan fingerprint density at radius 2 is 1.96 bits per heavy atom. The van der Waals surface area contributed by atoms with Gasteiger partial charge in [0.25, 0.3) is 5.91 Å². The van der Waals surface area contributed by atoms with Gasteiger partial charge in [-0.25, -0.2) is 14.6 Å². The molecule has 0 unspecified atom stereocenters. The summed E-state index contributed by atoms with van der Waals surface area (Å²) in [7, 11) is 0. The molecule has 120 valence electrons. The van der Waals surface area contributed by atoms with E-state index < -0.39 is 0 Å². The van der Waals surface area contributed by atoms with Gasteiger partial charge >= 0.3 is 0 Å². The smallest absolute Gasteiger partial charge is 0.257 e. The topological polar surface area (TPSA) is 89.9 Å². The summed E-state index contributed by atoms with van der Waals surface area (Å²) < 4.78 is 1.77. The third-order valence-electron chi connectivity index (χ3n) is 4.20. The first-order valence-electron chi connectivity index (χ1n) is 7.63. The maximum Gasteiger partial charge on any atom is 0.257 e. The predicted molar refractivity (Wildman–Crippen MR) is 88.3 cm³/mol. The Balaban J connectivity index is 1.62. The van der Waals surface area contributed by atoms with Crippen LogP contribution < -0.4 is 5.73 Å². The van der Waals surface area contributed by atoms with Gasteiger partial charge in [0.05, 0.1) is 35.4 Å². The Morgan fingerprint density at radius 1 is 1.17 bits per heavy atom. The largest absolute Gasteiger partial charge is 0.368 e. The highest BCUT2D eigenvalue weighted by atomic mass is 16.2.